The second-order valence-electron chi connectivity index (χ2n) is 3.91. The lowest BCUT2D eigenvalue weighted by Gasteiger charge is -2.23. The van der Waals surface area contributed by atoms with E-state index in [4.69, 9.17) is 5.11 Å². The smallest absolute Gasteiger partial charge is 0.248 e. The van der Waals surface area contributed by atoms with Crippen LogP contribution < -0.4 is 5.32 Å². The Hall–Kier alpha value is -0.570. The highest BCUT2D eigenvalue weighted by Gasteiger charge is 2.17. The van der Waals surface area contributed by atoms with E-state index in [1.807, 2.05) is 0 Å². The second-order valence-corrected chi connectivity index (χ2v) is 3.91. The molecule has 1 amide bonds. The van der Waals surface area contributed by atoms with E-state index in [-0.39, 0.29) is 11.3 Å². The molecule has 0 rings (SSSR count). The fourth-order valence-electron chi connectivity index (χ4n) is 0.599. The number of carbonyl (C=O) groups excluding carboxylic acids is 1. The predicted octanol–water partition coefficient (Wildman–Crippen LogP) is 0.920. The number of hydrogen-bond acceptors (Lipinski definition) is 2. The summed E-state index contributed by atoms with van der Waals surface area (Å²) in [6, 6.07) is 0. The second kappa shape index (κ2) is 4.45. The molecule has 0 aromatic rings. The Kier molecular flexibility index (Phi) is 4.24. The van der Waals surface area contributed by atoms with Gasteiger partial charge in [-0.3, -0.25) is 4.79 Å². The molecule has 2 N–H and O–H groups in total. The maximum absolute atomic E-state index is 10.9. The Balaban J connectivity index is 3.76. The largest absolute Gasteiger partial charge is 0.384 e. The van der Waals surface area contributed by atoms with Crippen molar-refractivity contribution in [3.63, 3.8) is 0 Å². The predicted molar refractivity (Wildman–Crippen MR) is 48.8 cm³/mol. The quantitative estimate of drug-likeness (QED) is 0.664. The lowest BCUT2D eigenvalue weighted by molar-refractivity contribution is -0.128. The number of amides is 1. The first-order chi connectivity index (χ1) is 5.39. The summed E-state index contributed by atoms with van der Waals surface area (Å²) < 4.78 is 0. The van der Waals surface area contributed by atoms with Crippen molar-refractivity contribution >= 4 is 5.91 Å². The highest BCUT2D eigenvalue weighted by atomic mass is 16.3. The minimum absolute atomic E-state index is 0.116. The molecular formula is C9H19NO2. The molecule has 0 bridgehead atoms. The zero-order valence-electron chi connectivity index (χ0n) is 8.35. The molecule has 0 aliphatic rings. The third kappa shape index (κ3) is 4.34. The van der Waals surface area contributed by atoms with Gasteiger partial charge in [-0.25, -0.2) is 0 Å². The van der Waals surface area contributed by atoms with Crippen LogP contribution in [0.25, 0.3) is 0 Å². The molecule has 0 aromatic heterocycles. The van der Waals surface area contributed by atoms with Gasteiger partial charge in [-0.15, -0.1) is 0 Å². The molecule has 1 atom stereocenters. The molecule has 0 heterocycles. The van der Waals surface area contributed by atoms with Gasteiger partial charge in [0.15, 0.2) is 0 Å². The normalized spacial score (nSPS) is 14.1. The van der Waals surface area contributed by atoms with E-state index in [0.29, 0.717) is 6.54 Å². The van der Waals surface area contributed by atoms with Gasteiger partial charge in [0.25, 0.3) is 0 Å². The van der Waals surface area contributed by atoms with Crippen LogP contribution in [0.4, 0.5) is 0 Å². The summed E-state index contributed by atoms with van der Waals surface area (Å²) in [5, 5.41) is 11.6. The summed E-state index contributed by atoms with van der Waals surface area (Å²) in [5.41, 5.74) is 0.116. The van der Waals surface area contributed by atoms with Crippen molar-refractivity contribution in [3.8, 4) is 0 Å². The van der Waals surface area contributed by atoms with Crippen LogP contribution in [-0.4, -0.2) is 23.7 Å². The molecule has 3 nitrogen and oxygen atoms in total. The maximum atomic E-state index is 10.9. The summed E-state index contributed by atoms with van der Waals surface area (Å²) >= 11 is 0. The molecule has 0 spiro atoms. The van der Waals surface area contributed by atoms with Gasteiger partial charge < -0.3 is 10.4 Å². The highest BCUT2D eigenvalue weighted by Crippen LogP contribution is 2.17. The summed E-state index contributed by atoms with van der Waals surface area (Å²) in [4.78, 5) is 10.9. The van der Waals surface area contributed by atoms with Crippen LogP contribution in [-0.2, 0) is 4.79 Å². The van der Waals surface area contributed by atoms with E-state index in [9.17, 15) is 4.79 Å². The van der Waals surface area contributed by atoms with E-state index in [1.54, 1.807) is 0 Å². The molecule has 0 aliphatic carbocycles. The highest BCUT2D eigenvalue weighted by molar-refractivity contribution is 5.79. The van der Waals surface area contributed by atoms with Gasteiger partial charge in [0.1, 0.15) is 6.10 Å². The van der Waals surface area contributed by atoms with E-state index in [1.165, 1.54) is 6.92 Å². The fraction of sp³-hybridized carbons (Fsp3) is 0.889. The first-order valence-electron chi connectivity index (χ1n) is 4.35. The Morgan fingerprint density at radius 2 is 2.08 bits per heavy atom. The van der Waals surface area contributed by atoms with Crippen LogP contribution >= 0.6 is 0 Å². The topological polar surface area (TPSA) is 49.3 Å². The number of carbonyl (C=O) groups is 1. The summed E-state index contributed by atoms with van der Waals surface area (Å²) in [6.07, 6.45) is 0.102. The summed E-state index contributed by atoms with van der Waals surface area (Å²) in [6.45, 7) is 8.32. The van der Waals surface area contributed by atoms with Gasteiger partial charge in [0.05, 0.1) is 0 Å². The van der Waals surface area contributed by atoms with E-state index in [0.717, 1.165) is 6.42 Å². The zero-order valence-corrected chi connectivity index (χ0v) is 8.35. The molecule has 0 fully saturated rings. The number of nitrogens with one attached hydrogen (secondary N) is 1. The monoisotopic (exact) mass is 173 g/mol. The molecule has 0 aromatic carbocycles. The Morgan fingerprint density at radius 1 is 1.58 bits per heavy atom. The third-order valence-corrected chi connectivity index (χ3v) is 2.08. The van der Waals surface area contributed by atoms with E-state index >= 15 is 0 Å². The van der Waals surface area contributed by atoms with Crippen LogP contribution in [0.2, 0.25) is 0 Å². The Morgan fingerprint density at radius 3 is 2.42 bits per heavy atom. The van der Waals surface area contributed by atoms with Crippen LogP contribution in [0, 0.1) is 5.41 Å². The lowest BCUT2D eigenvalue weighted by atomic mass is 9.90. The van der Waals surface area contributed by atoms with E-state index < -0.39 is 6.10 Å². The SMILES string of the molecule is CCC(C)(C)CNC(=O)C(C)O. The summed E-state index contributed by atoms with van der Waals surface area (Å²) in [5.74, 6) is -0.295. The van der Waals surface area contributed by atoms with Crippen LogP contribution in [0.15, 0.2) is 0 Å². The summed E-state index contributed by atoms with van der Waals surface area (Å²) in [7, 11) is 0. The molecule has 0 aliphatic heterocycles. The average Bonchev–Trinajstić information content (AvgIpc) is 2.00. The molecule has 72 valence electrons. The number of hydrogen-bond donors (Lipinski definition) is 2. The number of aliphatic hydroxyl groups excluding tert-OH is 1. The van der Waals surface area contributed by atoms with Crippen molar-refractivity contribution in [1.82, 2.24) is 5.32 Å². The van der Waals surface area contributed by atoms with Gasteiger partial charge in [0.2, 0.25) is 5.91 Å². The fourth-order valence-corrected chi connectivity index (χ4v) is 0.599. The minimum atomic E-state index is -0.905. The van der Waals surface area contributed by atoms with Crippen LogP contribution in [0.3, 0.4) is 0 Å². The third-order valence-electron chi connectivity index (χ3n) is 2.08. The zero-order chi connectivity index (χ0) is 9.78. The van der Waals surface area contributed by atoms with Crippen molar-refractivity contribution < 1.29 is 9.90 Å². The van der Waals surface area contributed by atoms with Gasteiger partial charge in [-0.2, -0.15) is 0 Å². The van der Waals surface area contributed by atoms with Crippen LogP contribution in [0.5, 0.6) is 0 Å². The first kappa shape index (κ1) is 11.4. The average molecular weight is 173 g/mol. The molecule has 0 saturated heterocycles. The van der Waals surface area contributed by atoms with Gasteiger partial charge >= 0.3 is 0 Å². The first-order valence-corrected chi connectivity index (χ1v) is 4.35. The van der Waals surface area contributed by atoms with Gasteiger partial charge in [0, 0.05) is 6.54 Å². The van der Waals surface area contributed by atoms with Crippen molar-refractivity contribution in [3.05, 3.63) is 0 Å². The van der Waals surface area contributed by atoms with Gasteiger partial charge in [-0.05, 0) is 18.8 Å². The molecule has 0 saturated carbocycles. The standard InChI is InChI=1S/C9H19NO2/c1-5-9(3,4)6-10-8(12)7(2)11/h7,11H,5-6H2,1-4H3,(H,10,12). The van der Waals surface area contributed by atoms with Crippen molar-refractivity contribution in [2.45, 2.75) is 40.2 Å². The van der Waals surface area contributed by atoms with E-state index in [2.05, 4.69) is 26.1 Å². The number of aliphatic hydroxyl groups is 1. The molecule has 3 heteroatoms. The Labute approximate surface area is 74.2 Å². The van der Waals surface area contributed by atoms with Gasteiger partial charge in [-0.1, -0.05) is 20.8 Å². The molecule has 0 radical (unpaired) electrons. The maximum Gasteiger partial charge on any atom is 0.248 e. The van der Waals surface area contributed by atoms with Crippen molar-refractivity contribution in [2.75, 3.05) is 6.54 Å². The van der Waals surface area contributed by atoms with Crippen molar-refractivity contribution in [2.24, 2.45) is 5.41 Å². The Bertz CT molecular complexity index is 153. The molecule has 1 unspecified atom stereocenters. The lowest BCUT2D eigenvalue weighted by Crippen LogP contribution is -2.38. The van der Waals surface area contributed by atoms with Crippen molar-refractivity contribution in [1.29, 1.82) is 0 Å². The van der Waals surface area contributed by atoms with Crippen LogP contribution in [0.1, 0.15) is 34.1 Å². The molecular weight excluding hydrogens is 154 g/mol. The number of rotatable bonds is 4. The minimum Gasteiger partial charge on any atom is -0.384 e. The molecule has 12 heavy (non-hydrogen) atoms.